The Labute approximate surface area is 172 Å². The molecule has 0 aliphatic carbocycles. The third kappa shape index (κ3) is 4.58. The number of aromatic nitrogens is 2. The SMILES string of the molecule is CCOC(=O)n1nc(NC(=O)c2ccc(F)cc2)c2c1CN(C(=O)OC(C)(C)C)C2. The number of benzene rings is 1. The number of anilines is 1. The van der Waals surface area contributed by atoms with Crippen LogP contribution in [0.1, 0.15) is 49.3 Å². The quantitative estimate of drug-likeness (QED) is 0.818. The summed E-state index contributed by atoms with van der Waals surface area (Å²) in [6, 6.07) is 5.00. The highest BCUT2D eigenvalue weighted by atomic mass is 19.1. The fourth-order valence-corrected chi connectivity index (χ4v) is 2.91. The van der Waals surface area contributed by atoms with Gasteiger partial charge < -0.3 is 14.8 Å². The molecule has 0 radical (unpaired) electrons. The predicted molar refractivity (Wildman–Crippen MR) is 104 cm³/mol. The van der Waals surface area contributed by atoms with Gasteiger partial charge in [-0.2, -0.15) is 4.68 Å². The van der Waals surface area contributed by atoms with E-state index in [1.54, 1.807) is 27.7 Å². The maximum atomic E-state index is 13.1. The fraction of sp³-hybridized carbons (Fsp3) is 0.400. The van der Waals surface area contributed by atoms with E-state index in [1.807, 2.05) is 0 Å². The lowest BCUT2D eigenvalue weighted by Crippen LogP contribution is -2.34. The number of rotatable bonds is 3. The van der Waals surface area contributed by atoms with Crippen molar-refractivity contribution in [3.63, 3.8) is 0 Å². The van der Waals surface area contributed by atoms with Crippen molar-refractivity contribution in [1.82, 2.24) is 14.7 Å². The molecule has 2 heterocycles. The van der Waals surface area contributed by atoms with Gasteiger partial charge in [-0.3, -0.25) is 9.69 Å². The van der Waals surface area contributed by atoms with Gasteiger partial charge >= 0.3 is 12.2 Å². The van der Waals surface area contributed by atoms with E-state index in [4.69, 9.17) is 9.47 Å². The van der Waals surface area contributed by atoms with Crippen molar-refractivity contribution in [3.8, 4) is 0 Å². The summed E-state index contributed by atoms with van der Waals surface area (Å²) in [6.07, 6.45) is -1.27. The molecule has 0 atom stereocenters. The molecule has 1 aliphatic heterocycles. The summed E-state index contributed by atoms with van der Waals surface area (Å²) < 4.78 is 24.5. The zero-order chi connectivity index (χ0) is 22.1. The Morgan fingerprint density at radius 1 is 1.13 bits per heavy atom. The lowest BCUT2D eigenvalue weighted by Gasteiger charge is -2.24. The Morgan fingerprint density at radius 2 is 1.80 bits per heavy atom. The summed E-state index contributed by atoms with van der Waals surface area (Å²) >= 11 is 0. The summed E-state index contributed by atoms with van der Waals surface area (Å²) in [6.45, 7) is 7.23. The molecular formula is C20H23FN4O5. The van der Waals surface area contributed by atoms with Crippen molar-refractivity contribution in [1.29, 1.82) is 0 Å². The van der Waals surface area contributed by atoms with Gasteiger partial charge in [-0.05, 0) is 52.0 Å². The smallest absolute Gasteiger partial charge is 0.435 e. The van der Waals surface area contributed by atoms with Crippen molar-refractivity contribution in [2.24, 2.45) is 0 Å². The number of halogens is 1. The van der Waals surface area contributed by atoms with Gasteiger partial charge in [-0.25, -0.2) is 14.0 Å². The minimum absolute atomic E-state index is 0.0719. The first-order valence-corrected chi connectivity index (χ1v) is 9.41. The normalized spacial score (nSPS) is 13.0. The van der Waals surface area contributed by atoms with Crippen LogP contribution in [-0.2, 0) is 22.6 Å². The van der Waals surface area contributed by atoms with E-state index in [1.165, 1.54) is 29.2 Å². The van der Waals surface area contributed by atoms with Crippen LogP contribution in [0, 0.1) is 5.82 Å². The van der Waals surface area contributed by atoms with Gasteiger partial charge in [0.15, 0.2) is 5.82 Å². The molecule has 0 unspecified atom stereocenters. The topological polar surface area (TPSA) is 103 Å². The van der Waals surface area contributed by atoms with Gasteiger partial charge in [0.25, 0.3) is 5.91 Å². The summed E-state index contributed by atoms with van der Waals surface area (Å²) in [5.41, 5.74) is 0.467. The maximum absolute atomic E-state index is 13.1. The van der Waals surface area contributed by atoms with Crippen LogP contribution >= 0.6 is 0 Å². The highest BCUT2D eigenvalue weighted by Crippen LogP contribution is 2.31. The Bertz CT molecular complexity index is 978. The van der Waals surface area contributed by atoms with Gasteiger partial charge in [0.1, 0.15) is 11.4 Å². The molecule has 2 aromatic rings. The monoisotopic (exact) mass is 418 g/mol. The molecular weight excluding hydrogens is 395 g/mol. The lowest BCUT2D eigenvalue weighted by molar-refractivity contribution is 0.0238. The molecule has 1 aliphatic rings. The average molecular weight is 418 g/mol. The highest BCUT2D eigenvalue weighted by molar-refractivity contribution is 6.04. The number of nitrogens with zero attached hydrogens (tertiary/aromatic N) is 3. The molecule has 1 N–H and O–H groups in total. The second kappa shape index (κ2) is 8.13. The largest absolute Gasteiger partial charge is 0.448 e. The van der Waals surface area contributed by atoms with E-state index in [2.05, 4.69) is 10.4 Å². The van der Waals surface area contributed by atoms with Gasteiger partial charge in [-0.1, -0.05) is 0 Å². The molecule has 1 aromatic carbocycles. The molecule has 0 bridgehead atoms. The number of nitrogens with one attached hydrogen (secondary N) is 1. The zero-order valence-corrected chi connectivity index (χ0v) is 17.2. The summed E-state index contributed by atoms with van der Waals surface area (Å²) in [5.74, 6) is -0.868. The molecule has 2 amide bonds. The highest BCUT2D eigenvalue weighted by Gasteiger charge is 2.35. The van der Waals surface area contributed by atoms with E-state index < -0.39 is 29.5 Å². The number of carbonyl (C=O) groups is 3. The van der Waals surface area contributed by atoms with Crippen LogP contribution in [0.5, 0.6) is 0 Å². The minimum atomic E-state index is -0.720. The van der Waals surface area contributed by atoms with E-state index in [0.717, 1.165) is 4.68 Å². The molecule has 9 nitrogen and oxygen atoms in total. The first-order valence-electron chi connectivity index (χ1n) is 9.41. The van der Waals surface area contributed by atoms with Gasteiger partial charge in [0.2, 0.25) is 0 Å². The van der Waals surface area contributed by atoms with Crippen LogP contribution in [0.3, 0.4) is 0 Å². The number of carbonyl (C=O) groups excluding carboxylic acids is 3. The third-order valence-corrected chi connectivity index (χ3v) is 4.21. The summed E-state index contributed by atoms with van der Waals surface area (Å²) in [7, 11) is 0. The number of fused-ring (bicyclic) bond motifs is 1. The first-order chi connectivity index (χ1) is 14.1. The second-order valence-electron chi connectivity index (χ2n) is 7.68. The predicted octanol–water partition coefficient (Wildman–Crippen LogP) is 3.53. The van der Waals surface area contributed by atoms with E-state index in [9.17, 15) is 18.8 Å². The van der Waals surface area contributed by atoms with E-state index in [0.29, 0.717) is 11.3 Å². The van der Waals surface area contributed by atoms with Crippen LogP contribution in [0.2, 0.25) is 0 Å². The van der Waals surface area contributed by atoms with Crippen LogP contribution in [-0.4, -0.2) is 45.0 Å². The first kappa shape index (κ1) is 21.3. The van der Waals surface area contributed by atoms with Crippen molar-refractivity contribution in [2.45, 2.75) is 46.4 Å². The lowest BCUT2D eigenvalue weighted by atomic mass is 10.2. The van der Waals surface area contributed by atoms with Gasteiger partial charge in [0, 0.05) is 11.1 Å². The Morgan fingerprint density at radius 3 is 2.40 bits per heavy atom. The Hall–Kier alpha value is -3.43. The van der Waals surface area contributed by atoms with Crippen molar-refractivity contribution < 1.29 is 28.2 Å². The molecule has 0 saturated heterocycles. The molecule has 0 fully saturated rings. The number of ether oxygens (including phenoxy) is 2. The average Bonchev–Trinajstić information content (AvgIpc) is 3.21. The van der Waals surface area contributed by atoms with Crippen molar-refractivity contribution in [2.75, 3.05) is 11.9 Å². The Kier molecular flexibility index (Phi) is 5.77. The number of amides is 2. The van der Waals surface area contributed by atoms with Crippen molar-refractivity contribution >= 4 is 23.9 Å². The standard InChI is InChI=1S/C20H23FN4O5/c1-5-29-19(28)25-15-11-24(18(27)30-20(2,3)4)10-14(15)16(23-25)22-17(26)12-6-8-13(21)9-7-12/h6-9H,5,10-11H2,1-4H3,(H,22,23,26). The second-order valence-corrected chi connectivity index (χ2v) is 7.68. The third-order valence-electron chi connectivity index (χ3n) is 4.21. The van der Waals surface area contributed by atoms with Gasteiger partial charge in [0.05, 0.1) is 25.4 Å². The molecule has 10 heteroatoms. The van der Waals surface area contributed by atoms with E-state index in [-0.39, 0.29) is 31.1 Å². The number of hydrogen-bond donors (Lipinski definition) is 1. The van der Waals surface area contributed by atoms with E-state index >= 15 is 0 Å². The van der Waals surface area contributed by atoms with Crippen LogP contribution in [0.15, 0.2) is 24.3 Å². The van der Waals surface area contributed by atoms with Crippen molar-refractivity contribution in [3.05, 3.63) is 46.9 Å². The Balaban J connectivity index is 1.88. The molecule has 30 heavy (non-hydrogen) atoms. The summed E-state index contributed by atoms with van der Waals surface area (Å²) in [4.78, 5) is 38.7. The van der Waals surface area contributed by atoms with Crippen LogP contribution in [0.25, 0.3) is 0 Å². The zero-order valence-electron chi connectivity index (χ0n) is 17.2. The molecule has 3 rings (SSSR count). The number of hydrogen-bond acceptors (Lipinski definition) is 6. The van der Waals surface area contributed by atoms with Crippen LogP contribution in [0.4, 0.5) is 19.8 Å². The molecule has 160 valence electrons. The maximum Gasteiger partial charge on any atom is 0.435 e. The minimum Gasteiger partial charge on any atom is -0.448 e. The fourth-order valence-electron chi connectivity index (χ4n) is 2.91. The molecule has 1 aromatic heterocycles. The van der Waals surface area contributed by atoms with Gasteiger partial charge in [-0.15, -0.1) is 5.10 Å². The molecule has 0 spiro atoms. The molecule has 0 saturated carbocycles. The van der Waals surface area contributed by atoms with Crippen LogP contribution < -0.4 is 5.32 Å². The summed E-state index contributed by atoms with van der Waals surface area (Å²) in [5, 5.41) is 6.78.